The molecule has 0 fully saturated rings. The molecule has 0 nitrogen and oxygen atoms in total. The fourth-order valence-corrected chi connectivity index (χ4v) is 11.7. The first kappa shape index (κ1) is 41.1. The predicted molar refractivity (Wildman–Crippen MR) is 270 cm³/mol. The summed E-state index contributed by atoms with van der Waals surface area (Å²) in [6.07, 6.45) is 6.07. The zero-order chi connectivity index (χ0) is 44.4. The zero-order valence-corrected chi connectivity index (χ0v) is 40.6. The van der Waals surface area contributed by atoms with Crippen LogP contribution in [0.3, 0.4) is 0 Å². The molecule has 0 N–H and O–H groups in total. The molecular weight excluding hydrogens is 745 g/mol. The molecule has 0 heterocycles. The van der Waals surface area contributed by atoms with Crippen LogP contribution in [0.1, 0.15) is 156 Å². The van der Waals surface area contributed by atoms with Crippen LogP contribution in [-0.2, 0) is 27.1 Å². The molecule has 4 aliphatic rings. The summed E-state index contributed by atoms with van der Waals surface area (Å²) in [7, 11) is 0. The Morgan fingerprint density at radius 3 is 1.68 bits per heavy atom. The summed E-state index contributed by atoms with van der Waals surface area (Å²) in [4.78, 5) is 0. The normalized spacial score (nSPS) is 18.2. The van der Waals surface area contributed by atoms with Crippen molar-refractivity contribution in [2.45, 2.75) is 144 Å². The maximum absolute atomic E-state index is 2.57. The Morgan fingerprint density at radius 2 is 1.02 bits per heavy atom. The molecule has 0 aliphatic heterocycles. The lowest BCUT2D eigenvalue weighted by molar-refractivity contribution is 0.372. The summed E-state index contributed by atoms with van der Waals surface area (Å²) in [5, 5.41) is 2.75. The molecule has 1 unspecified atom stereocenters. The summed E-state index contributed by atoms with van der Waals surface area (Å²) >= 11 is 0. The predicted octanol–water partition coefficient (Wildman–Crippen LogP) is 17.7. The molecule has 316 valence electrons. The van der Waals surface area contributed by atoms with Crippen LogP contribution in [0.15, 0.2) is 109 Å². The summed E-state index contributed by atoms with van der Waals surface area (Å²) in [5.41, 5.74) is 27.0. The second-order valence-electron chi connectivity index (χ2n) is 24.7. The highest BCUT2D eigenvalue weighted by molar-refractivity contribution is 6.19. The van der Waals surface area contributed by atoms with Crippen LogP contribution in [0.4, 0.5) is 0 Å². The van der Waals surface area contributed by atoms with Gasteiger partial charge in [0.05, 0.1) is 0 Å². The monoisotopic (exact) mass is 813 g/mol. The van der Waals surface area contributed by atoms with Gasteiger partial charge in [-0.2, -0.15) is 0 Å². The third kappa shape index (κ3) is 5.91. The minimum Gasteiger partial charge on any atom is -0.0642 e. The average molecular weight is 813 g/mol. The Balaban J connectivity index is 1.17. The van der Waals surface area contributed by atoms with Crippen molar-refractivity contribution in [3.05, 3.63) is 148 Å². The first-order chi connectivity index (χ1) is 28.8. The van der Waals surface area contributed by atoms with Crippen molar-refractivity contribution >= 4 is 16.3 Å². The third-order valence-corrected chi connectivity index (χ3v) is 15.8. The smallest absolute Gasteiger partial charge is 0.0159 e. The zero-order valence-electron chi connectivity index (χ0n) is 40.6. The second-order valence-corrected chi connectivity index (χ2v) is 24.7. The summed E-state index contributed by atoms with van der Waals surface area (Å²) in [6.45, 7) is 38.2. The van der Waals surface area contributed by atoms with E-state index in [1.807, 2.05) is 0 Å². The first-order valence-corrected chi connectivity index (χ1v) is 23.4. The molecule has 4 aliphatic carbocycles. The molecule has 0 aromatic heterocycles. The topological polar surface area (TPSA) is 0 Å². The van der Waals surface area contributed by atoms with E-state index in [0.717, 1.165) is 6.42 Å². The molecule has 0 radical (unpaired) electrons. The SMILES string of the molecule is CC(C)(C)C1=CC=C2c3c(-c4ccc5c6c(cccc46)-c4cc(-c6cc(C(C)(C)C)cc7c6-c6ccc(C(C)(C)C)cc6C7(C)C)ccc4-5)cc(C(C)(C)C)cc3C(C)(C)C2C1. The van der Waals surface area contributed by atoms with Crippen molar-refractivity contribution in [2.24, 2.45) is 11.3 Å². The lowest BCUT2D eigenvalue weighted by Gasteiger charge is -2.35. The van der Waals surface area contributed by atoms with Crippen LogP contribution in [0, 0.1) is 11.3 Å². The van der Waals surface area contributed by atoms with E-state index < -0.39 is 0 Å². The Bertz CT molecular complexity index is 2990. The van der Waals surface area contributed by atoms with E-state index in [1.54, 1.807) is 5.57 Å². The summed E-state index contributed by atoms with van der Waals surface area (Å²) < 4.78 is 0. The van der Waals surface area contributed by atoms with Crippen molar-refractivity contribution < 1.29 is 0 Å². The lowest BCUT2D eigenvalue weighted by Crippen LogP contribution is -2.27. The van der Waals surface area contributed by atoms with Gasteiger partial charge in [0, 0.05) is 5.41 Å². The number of rotatable bonds is 2. The molecule has 0 heteroatoms. The van der Waals surface area contributed by atoms with Gasteiger partial charge in [-0.05, 0) is 169 Å². The lowest BCUT2D eigenvalue weighted by atomic mass is 9.69. The maximum Gasteiger partial charge on any atom is 0.0159 e. The molecule has 0 saturated carbocycles. The molecule has 0 amide bonds. The van der Waals surface area contributed by atoms with Crippen molar-refractivity contribution in [1.82, 2.24) is 0 Å². The number of allylic oxidation sites excluding steroid dienone is 4. The third-order valence-electron chi connectivity index (χ3n) is 15.8. The molecule has 6 aromatic carbocycles. The Morgan fingerprint density at radius 1 is 0.435 bits per heavy atom. The fraction of sp³-hybridized carbons (Fsp3) is 0.387. The van der Waals surface area contributed by atoms with E-state index in [0.29, 0.717) is 5.92 Å². The van der Waals surface area contributed by atoms with Gasteiger partial charge < -0.3 is 0 Å². The molecular formula is C62H68. The van der Waals surface area contributed by atoms with Gasteiger partial charge in [0.2, 0.25) is 0 Å². The Hall–Kier alpha value is -4.94. The van der Waals surface area contributed by atoms with Gasteiger partial charge in [0.25, 0.3) is 0 Å². The van der Waals surface area contributed by atoms with E-state index in [9.17, 15) is 0 Å². The highest BCUT2D eigenvalue weighted by Crippen LogP contribution is 2.60. The Kier molecular flexibility index (Phi) is 8.51. The molecule has 1 atom stereocenters. The van der Waals surface area contributed by atoms with Crippen LogP contribution in [0.25, 0.3) is 72.0 Å². The van der Waals surface area contributed by atoms with Crippen molar-refractivity contribution in [2.75, 3.05) is 0 Å². The molecule has 6 aromatic rings. The highest BCUT2D eigenvalue weighted by atomic mass is 14.5. The quantitative estimate of drug-likeness (QED) is 0.163. The Labute approximate surface area is 373 Å². The molecule has 0 saturated heterocycles. The van der Waals surface area contributed by atoms with Gasteiger partial charge in [0.15, 0.2) is 0 Å². The van der Waals surface area contributed by atoms with E-state index >= 15 is 0 Å². The van der Waals surface area contributed by atoms with E-state index in [-0.39, 0.29) is 32.5 Å². The molecule has 62 heavy (non-hydrogen) atoms. The minimum absolute atomic E-state index is 0.0126. The van der Waals surface area contributed by atoms with Crippen molar-refractivity contribution in [3.63, 3.8) is 0 Å². The largest absolute Gasteiger partial charge is 0.0642 e. The van der Waals surface area contributed by atoms with Gasteiger partial charge in [-0.1, -0.05) is 201 Å². The van der Waals surface area contributed by atoms with Crippen LogP contribution in [-0.4, -0.2) is 0 Å². The van der Waals surface area contributed by atoms with Crippen LogP contribution in [0.2, 0.25) is 0 Å². The average Bonchev–Trinajstić information content (AvgIpc) is 3.73. The second kappa shape index (κ2) is 12.8. The minimum atomic E-state index is -0.102. The van der Waals surface area contributed by atoms with E-state index in [2.05, 4.69) is 214 Å². The maximum atomic E-state index is 2.57. The molecule has 10 rings (SSSR count). The van der Waals surface area contributed by atoms with Gasteiger partial charge in [-0.15, -0.1) is 0 Å². The van der Waals surface area contributed by atoms with Gasteiger partial charge in [-0.3, -0.25) is 0 Å². The van der Waals surface area contributed by atoms with Crippen molar-refractivity contribution in [1.29, 1.82) is 0 Å². The first-order valence-electron chi connectivity index (χ1n) is 23.4. The van der Waals surface area contributed by atoms with E-state index in [4.69, 9.17) is 0 Å². The summed E-state index contributed by atoms with van der Waals surface area (Å²) in [5.74, 6) is 0.460. The van der Waals surface area contributed by atoms with Gasteiger partial charge in [-0.25, -0.2) is 0 Å². The van der Waals surface area contributed by atoms with Crippen molar-refractivity contribution in [3.8, 4) is 55.6 Å². The standard InChI is InChI=1S/C62H68/c1-57(2,3)36-21-24-45-50(31-36)61(13,14)52-33-38(59(7,8)9)29-47(55(45)52)35-20-23-40-44-27-26-41(42-18-17-19-43(54(42)44)48(40)28-35)49-30-39(60(10,11)12)34-53-56(49)46-25-22-37(58(4,5)6)32-51(46)62(53,15)16/h17-31,33-34,51H,32H2,1-16H3. The van der Waals surface area contributed by atoms with Gasteiger partial charge >= 0.3 is 0 Å². The number of hydrogen-bond acceptors (Lipinski definition) is 0. The fourth-order valence-electron chi connectivity index (χ4n) is 11.7. The molecule has 0 bridgehead atoms. The highest BCUT2D eigenvalue weighted by Gasteiger charge is 2.47. The molecule has 0 spiro atoms. The van der Waals surface area contributed by atoms with E-state index in [1.165, 1.54) is 111 Å². The van der Waals surface area contributed by atoms with Gasteiger partial charge in [0.1, 0.15) is 0 Å². The summed E-state index contributed by atoms with van der Waals surface area (Å²) in [6, 6.07) is 36.8. The number of fused-ring (bicyclic) bond motifs is 9. The van der Waals surface area contributed by atoms with Crippen LogP contribution in [0.5, 0.6) is 0 Å². The van der Waals surface area contributed by atoms with Crippen LogP contribution >= 0.6 is 0 Å². The number of benzene rings is 6. The number of hydrogen-bond donors (Lipinski definition) is 0. The van der Waals surface area contributed by atoms with Crippen LogP contribution < -0.4 is 0 Å².